The fraction of sp³-hybridized carbons (Fsp3) is 0.812. The van der Waals surface area contributed by atoms with Crippen molar-refractivity contribution in [1.82, 2.24) is 30.4 Å². The number of aromatic amines is 3. The van der Waals surface area contributed by atoms with Crippen LogP contribution < -0.4 is 0 Å². The van der Waals surface area contributed by atoms with Crippen LogP contribution in [0.25, 0.3) is 0 Å². The highest BCUT2D eigenvalue weighted by Gasteiger charge is 2.32. The lowest BCUT2D eigenvalue weighted by Gasteiger charge is -2.36. The van der Waals surface area contributed by atoms with Gasteiger partial charge < -0.3 is 14.5 Å². The zero-order valence-corrected chi connectivity index (χ0v) is 40.0. The second-order valence-corrected chi connectivity index (χ2v) is 19.6. The molecule has 0 amide bonds. The summed E-state index contributed by atoms with van der Waals surface area (Å²) >= 11 is 0. The maximum atomic E-state index is 5.52. The van der Waals surface area contributed by atoms with Gasteiger partial charge >= 0.3 is 0 Å². The van der Waals surface area contributed by atoms with Crippen LogP contribution in [-0.2, 0) is 9.47 Å². The van der Waals surface area contributed by atoms with E-state index in [1.807, 2.05) is 12.4 Å². The summed E-state index contributed by atoms with van der Waals surface area (Å²) in [4.78, 5) is 7.46. The van der Waals surface area contributed by atoms with Crippen LogP contribution in [0.5, 0.6) is 0 Å². The molecule has 5 rings (SSSR count). The first-order valence-electron chi connectivity index (χ1n) is 22.4. The Hall–Kier alpha value is -2.45. The zero-order valence-electron chi connectivity index (χ0n) is 40.0. The molecule has 0 aliphatic carbocycles. The van der Waals surface area contributed by atoms with Crippen molar-refractivity contribution in [2.75, 3.05) is 26.4 Å². The Morgan fingerprint density at radius 2 is 0.839 bits per heavy atom. The molecule has 0 bridgehead atoms. The predicted molar refractivity (Wildman–Crippen MR) is 240 cm³/mol. The van der Waals surface area contributed by atoms with Gasteiger partial charge in [0.1, 0.15) is 0 Å². The SMILES string of the molecule is CC(C)C1CCOCC1C(C)C.CC(C)C1COCC1C(C)C.CC(C)c1cn[nH]c1C(C)C.CC(C)c1cn[nH]c1C(C)C.CC(C)c1nc[nH]c1C(C)C. The summed E-state index contributed by atoms with van der Waals surface area (Å²) < 4.78 is 11.0. The highest BCUT2D eigenvalue weighted by atomic mass is 16.5. The fourth-order valence-electron chi connectivity index (χ4n) is 7.95. The molecule has 4 atom stereocenters. The molecule has 0 spiro atoms. The summed E-state index contributed by atoms with van der Waals surface area (Å²) in [5.41, 5.74) is 7.74. The molecule has 2 aliphatic heterocycles. The third-order valence-electron chi connectivity index (χ3n) is 11.7. The Bertz CT molecular complexity index is 1190. The number of imidazole rings is 1. The van der Waals surface area contributed by atoms with E-state index in [-0.39, 0.29) is 0 Å². The van der Waals surface area contributed by atoms with E-state index in [1.54, 1.807) is 6.33 Å². The van der Waals surface area contributed by atoms with Crippen molar-refractivity contribution in [3.8, 4) is 0 Å². The second-order valence-electron chi connectivity index (χ2n) is 19.6. The molecule has 0 radical (unpaired) electrons. The number of hydrogen-bond acceptors (Lipinski definition) is 5. The van der Waals surface area contributed by atoms with E-state index in [9.17, 15) is 0 Å². The largest absolute Gasteiger partial charge is 0.381 e. The first-order valence-corrected chi connectivity index (χ1v) is 22.4. The molecule has 2 aliphatic rings. The van der Waals surface area contributed by atoms with Gasteiger partial charge in [0.05, 0.1) is 24.4 Å². The van der Waals surface area contributed by atoms with Gasteiger partial charge in [-0.1, -0.05) is 138 Å². The quantitative estimate of drug-likeness (QED) is 0.190. The van der Waals surface area contributed by atoms with Crippen molar-refractivity contribution in [3.63, 3.8) is 0 Å². The van der Waals surface area contributed by atoms with E-state index in [0.717, 1.165) is 73.8 Å². The minimum atomic E-state index is 0.527. The molecule has 3 aromatic rings. The number of hydrogen-bond donors (Lipinski definition) is 3. The molecule has 3 N–H and O–H groups in total. The fourth-order valence-corrected chi connectivity index (χ4v) is 7.95. The molecular weight excluding hydrogens is 693 g/mol. The van der Waals surface area contributed by atoms with Crippen LogP contribution >= 0.6 is 0 Å². The van der Waals surface area contributed by atoms with Crippen LogP contribution in [0.15, 0.2) is 18.7 Å². The van der Waals surface area contributed by atoms with Gasteiger partial charge in [-0.3, -0.25) is 10.2 Å². The van der Waals surface area contributed by atoms with Crippen molar-refractivity contribution in [3.05, 3.63) is 52.6 Å². The molecule has 5 heterocycles. The monoisotopic (exact) mass is 783 g/mol. The average molecular weight is 783 g/mol. The second kappa shape index (κ2) is 25.8. The normalized spacial score (nSPS) is 19.8. The standard InChI is InChI=1S/C11H22O.C10H20O.3C9H16N2/c1-8(2)10-5-6-12-7-11(10)9(3)4;1-7(2)9-5-11-6-10(9)8(3)4;1-6(2)8-9(7(3)4)11-5-10-8;2*1-6(2)8-5-10-11-9(8)7(3)4/h8-11H,5-7H2,1-4H3;7-10H,5-6H2,1-4H3;3*5-7H,1-4H3,(H,10,11). The average Bonchev–Trinajstić information content (AvgIpc) is 3.95. The third kappa shape index (κ3) is 16.8. The maximum absolute atomic E-state index is 5.52. The Morgan fingerprint density at radius 3 is 1.12 bits per heavy atom. The molecule has 8 nitrogen and oxygen atoms in total. The molecule has 56 heavy (non-hydrogen) atoms. The van der Waals surface area contributed by atoms with Gasteiger partial charge in [-0.05, 0) is 100 Å². The Morgan fingerprint density at radius 1 is 0.464 bits per heavy atom. The van der Waals surface area contributed by atoms with Crippen LogP contribution in [-0.4, -0.2) is 56.8 Å². The van der Waals surface area contributed by atoms with Crippen LogP contribution in [0.2, 0.25) is 0 Å². The molecule has 0 aromatic carbocycles. The lowest BCUT2D eigenvalue weighted by atomic mass is 9.75. The van der Waals surface area contributed by atoms with Gasteiger partial charge in [-0.2, -0.15) is 10.2 Å². The van der Waals surface area contributed by atoms with Crippen molar-refractivity contribution < 1.29 is 9.47 Å². The van der Waals surface area contributed by atoms with E-state index in [2.05, 4.69) is 169 Å². The first-order chi connectivity index (χ1) is 26.1. The molecule has 0 saturated carbocycles. The summed E-state index contributed by atoms with van der Waals surface area (Å²) in [5, 5.41) is 14.2. The summed E-state index contributed by atoms with van der Waals surface area (Å²) in [6, 6.07) is 0. The number of rotatable bonds is 10. The molecule has 3 aromatic heterocycles. The van der Waals surface area contributed by atoms with E-state index in [0.29, 0.717) is 35.5 Å². The van der Waals surface area contributed by atoms with Gasteiger partial charge in [0, 0.05) is 43.5 Å². The summed E-state index contributed by atoms with van der Waals surface area (Å²) in [6.07, 6.45) is 6.91. The van der Waals surface area contributed by atoms with Gasteiger partial charge in [0.15, 0.2) is 0 Å². The van der Waals surface area contributed by atoms with Crippen LogP contribution in [0, 0.1) is 47.3 Å². The van der Waals surface area contributed by atoms with E-state index in [1.165, 1.54) is 40.3 Å². The molecular formula is C48H90N6O2. The van der Waals surface area contributed by atoms with Gasteiger partial charge in [0.25, 0.3) is 0 Å². The number of nitrogens with one attached hydrogen (secondary N) is 3. The topological polar surface area (TPSA) is 104 Å². The Labute approximate surface area is 345 Å². The van der Waals surface area contributed by atoms with Crippen molar-refractivity contribution in [2.45, 2.75) is 180 Å². The highest BCUT2D eigenvalue weighted by Crippen LogP contribution is 2.34. The first kappa shape index (κ1) is 51.6. The minimum absolute atomic E-state index is 0.527. The number of ether oxygens (including phenoxy) is 2. The van der Waals surface area contributed by atoms with Crippen LogP contribution in [0.1, 0.15) is 214 Å². The van der Waals surface area contributed by atoms with E-state index in [4.69, 9.17) is 9.47 Å². The molecule has 8 heteroatoms. The van der Waals surface area contributed by atoms with Gasteiger partial charge in [0.2, 0.25) is 0 Å². The van der Waals surface area contributed by atoms with Gasteiger partial charge in [-0.25, -0.2) is 4.98 Å². The van der Waals surface area contributed by atoms with Crippen LogP contribution in [0.4, 0.5) is 0 Å². The zero-order chi connectivity index (χ0) is 42.9. The summed E-state index contributed by atoms with van der Waals surface area (Å²) in [7, 11) is 0. The molecule has 4 unspecified atom stereocenters. The molecule has 324 valence electrons. The lowest BCUT2D eigenvalue weighted by Crippen LogP contribution is -2.34. The predicted octanol–water partition coefficient (Wildman–Crippen LogP) is 13.5. The summed E-state index contributed by atoms with van der Waals surface area (Å²) in [5.74, 6) is 9.77. The van der Waals surface area contributed by atoms with E-state index >= 15 is 0 Å². The maximum Gasteiger partial charge on any atom is 0.0925 e. The summed E-state index contributed by atoms with van der Waals surface area (Å²) in [6.45, 7) is 48.6. The Kier molecular flexibility index (Phi) is 23.8. The minimum Gasteiger partial charge on any atom is -0.381 e. The number of nitrogens with zero attached hydrogens (tertiary/aromatic N) is 3. The Balaban J connectivity index is 0.000000350. The van der Waals surface area contributed by atoms with Crippen LogP contribution in [0.3, 0.4) is 0 Å². The smallest absolute Gasteiger partial charge is 0.0925 e. The van der Waals surface area contributed by atoms with Gasteiger partial charge in [-0.15, -0.1) is 0 Å². The third-order valence-corrected chi connectivity index (χ3v) is 11.7. The molecule has 2 saturated heterocycles. The van der Waals surface area contributed by atoms with Crippen molar-refractivity contribution in [1.29, 1.82) is 0 Å². The number of H-pyrrole nitrogens is 3. The van der Waals surface area contributed by atoms with Crippen molar-refractivity contribution in [2.24, 2.45) is 47.3 Å². The number of aromatic nitrogens is 6. The molecule has 2 fully saturated rings. The highest BCUT2D eigenvalue weighted by molar-refractivity contribution is 5.23. The van der Waals surface area contributed by atoms with E-state index < -0.39 is 0 Å². The van der Waals surface area contributed by atoms with Crippen molar-refractivity contribution >= 4 is 0 Å². The lowest BCUT2D eigenvalue weighted by molar-refractivity contribution is -0.0177.